The fourth-order valence-corrected chi connectivity index (χ4v) is 3.33. The highest BCUT2D eigenvalue weighted by Crippen LogP contribution is 2.33. The molecule has 3 rings (SSSR count). The molecule has 2 N–H and O–H groups in total. The van der Waals surface area contributed by atoms with Crippen LogP contribution < -0.4 is 10.6 Å². The average Bonchev–Trinajstić information content (AvgIpc) is 3.14. The Balaban J connectivity index is 1.69. The zero-order chi connectivity index (χ0) is 15.5. The first-order valence-electron chi connectivity index (χ1n) is 6.99. The molecule has 2 aromatic rings. The summed E-state index contributed by atoms with van der Waals surface area (Å²) in [5, 5.41) is 15.2. The van der Waals surface area contributed by atoms with Gasteiger partial charge in [-0.15, -0.1) is 10.2 Å². The molecule has 1 aliphatic rings. The quantitative estimate of drug-likeness (QED) is 0.895. The van der Waals surface area contributed by atoms with E-state index in [2.05, 4.69) is 20.8 Å². The van der Waals surface area contributed by atoms with Gasteiger partial charge >= 0.3 is 0 Å². The minimum absolute atomic E-state index is 0.0118. The second-order valence-electron chi connectivity index (χ2n) is 5.11. The Hall–Kier alpha value is -1.57. The van der Waals surface area contributed by atoms with Crippen LogP contribution in [0.25, 0.3) is 0 Å². The van der Waals surface area contributed by atoms with Gasteiger partial charge in [0.1, 0.15) is 6.33 Å². The zero-order valence-electron chi connectivity index (χ0n) is 12.0. The zero-order valence-corrected chi connectivity index (χ0v) is 13.6. The summed E-state index contributed by atoms with van der Waals surface area (Å²) >= 11 is 7.73. The van der Waals surface area contributed by atoms with Gasteiger partial charge in [-0.2, -0.15) is 0 Å². The van der Waals surface area contributed by atoms with Crippen LogP contribution in [0.3, 0.4) is 0 Å². The van der Waals surface area contributed by atoms with Crippen molar-refractivity contribution in [2.24, 2.45) is 7.05 Å². The summed E-state index contributed by atoms with van der Waals surface area (Å²) in [6.45, 7) is 0.895. The number of benzene rings is 1. The van der Waals surface area contributed by atoms with Crippen LogP contribution in [0.1, 0.15) is 12.8 Å². The van der Waals surface area contributed by atoms with Crippen LogP contribution in [-0.2, 0) is 11.8 Å². The molecule has 0 aliphatic carbocycles. The molecular formula is C14H16ClN5OS. The molecule has 116 valence electrons. The fourth-order valence-electron chi connectivity index (χ4n) is 2.26. The lowest BCUT2D eigenvalue weighted by molar-refractivity contribution is -0.117. The third-order valence-corrected chi connectivity index (χ3v) is 5.00. The SMILES string of the molecule is Cn1cnnc1Sc1ccc(NC(=O)C2CCCN2)cc1Cl. The van der Waals surface area contributed by atoms with E-state index in [0.717, 1.165) is 29.4 Å². The Morgan fingerprint density at radius 1 is 1.55 bits per heavy atom. The number of halogens is 1. The first kappa shape index (κ1) is 15.3. The second-order valence-corrected chi connectivity index (χ2v) is 6.53. The number of hydrogen-bond donors (Lipinski definition) is 2. The second kappa shape index (κ2) is 6.68. The van der Waals surface area contributed by atoms with E-state index in [4.69, 9.17) is 11.6 Å². The van der Waals surface area contributed by atoms with E-state index < -0.39 is 0 Å². The predicted molar refractivity (Wildman–Crippen MR) is 86.2 cm³/mol. The number of nitrogens with zero attached hydrogens (tertiary/aromatic N) is 3. The molecule has 0 saturated carbocycles. The van der Waals surface area contributed by atoms with Gasteiger partial charge < -0.3 is 15.2 Å². The Kier molecular flexibility index (Phi) is 4.66. The van der Waals surface area contributed by atoms with Crippen molar-refractivity contribution in [3.05, 3.63) is 29.5 Å². The fraction of sp³-hybridized carbons (Fsp3) is 0.357. The lowest BCUT2D eigenvalue weighted by Crippen LogP contribution is -2.35. The van der Waals surface area contributed by atoms with Crippen molar-refractivity contribution in [1.82, 2.24) is 20.1 Å². The summed E-state index contributed by atoms with van der Waals surface area (Å²) in [5.41, 5.74) is 0.700. The van der Waals surface area contributed by atoms with Gasteiger partial charge in [-0.3, -0.25) is 4.79 Å². The van der Waals surface area contributed by atoms with E-state index >= 15 is 0 Å². The topological polar surface area (TPSA) is 71.8 Å². The predicted octanol–water partition coefficient (Wildman–Crippen LogP) is 2.31. The van der Waals surface area contributed by atoms with E-state index in [1.54, 1.807) is 12.4 Å². The van der Waals surface area contributed by atoms with Crippen molar-refractivity contribution < 1.29 is 4.79 Å². The molecule has 8 heteroatoms. The summed E-state index contributed by atoms with van der Waals surface area (Å²) in [4.78, 5) is 12.9. The van der Waals surface area contributed by atoms with Crippen molar-refractivity contribution in [2.75, 3.05) is 11.9 Å². The first-order chi connectivity index (χ1) is 10.6. The largest absolute Gasteiger partial charge is 0.325 e. The lowest BCUT2D eigenvalue weighted by atomic mass is 10.2. The highest BCUT2D eigenvalue weighted by Gasteiger charge is 2.22. The summed E-state index contributed by atoms with van der Waals surface area (Å²) in [6.07, 6.45) is 3.55. The number of amides is 1. The Labute approximate surface area is 137 Å². The Bertz CT molecular complexity index is 684. The summed E-state index contributed by atoms with van der Waals surface area (Å²) in [7, 11) is 1.87. The van der Waals surface area contributed by atoms with Crippen molar-refractivity contribution in [3.63, 3.8) is 0 Å². The minimum atomic E-state index is -0.105. The molecule has 1 fully saturated rings. The molecule has 0 spiro atoms. The first-order valence-corrected chi connectivity index (χ1v) is 8.18. The monoisotopic (exact) mass is 337 g/mol. The lowest BCUT2D eigenvalue weighted by Gasteiger charge is -2.12. The summed E-state index contributed by atoms with van der Waals surface area (Å²) in [6, 6.07) is 5.37. The molecule has 1 amide bonds. The summed E-state index contributed by atoms with van der Waals surface area (Å²) in [5.74, 6) is -0.0118. The molecular weight excluding hydrogens is 322 g/mol. The third kappa shape index (κ3) is 3.43. The number of carbonyl (C=O) groups excluding carboxylic acids is 1. The van der Waals surface area contributed by atoms with E-state index in [1.165, 1.54) is 11.8 Å². The van der Waals surface area contributed by atoms with Gasteiger partial charge in [0.25, 0.3) is 0 Å². The van der Waals surface area contributed by atoms with Gasteiger partial charge in [-0.25, -0.2) is 0 Å². The van der Waals surface area contributed by atoms with Crippen LogP contribution in [-0.4, -0.2) is 33.3 Å². The normalized spacial score (nSPS) is 17.6. The maximum Gasteiger partial charge on any atom is 0.241 e. The van der Waals surface area contributed by atoms with Crippen molar-refractivity contribution in [2.45, 2.75) is 28.9 Å². The maximum atomic E-state index is 12.1. The maximum absolute atomic E-state index is 12.1. The molecule has 0 bridgehead atoms. The molecule has 1 atom stereocenters. The number of aryl methyl sites for hydroxylation is 1. The van der Waals surface area contributed by atoms with Crippen LogP contribution in [0.15, 0.2) is 34.6 Å². The number of rotatable bonds is 4. The Morgan fingerprint density at radius 2 is 2.41 bits per heavy atom. The van der Waals surface area contributed by atoms with E-state index in [-0.39, 0.29) is 11.9 Å². The highest BCUT2D eigenvalue weighted by atomic mass is 35.5. The van der Waals surface area contributed by atoms with Gasteiger partial charge in [0.15, 0.2) is 5.16 Å². The molecule has 6 nitrogen and oxygen atoms in total. The smallest absolute Gasteiger partial charge is 0.241 e. The number of anilines is 1. The van der Waals surface area contributed by atoms with Crippen LogP contribution in [0.2, 0.25) is 5.02 Å². The van der Waals surface area contributed by atoms with Gasteiger partial charge in [-0.05, 0) is 49.3 Å². The van der Waals surface area contributed by atoms with Crippen molar-refractivity contribution in [3.8, 4) is 0 Å². The number of aromatic nitrogens is 3. The minimum Gasteiger partial charge on any atom is -0.325 e. The third-order valence-electron chi connectivity index (χ3n) is 3.45. The standard InChI is InChI=1S/C14H16ClN5OS/c1-20-8-17-19-14(20)22-12-5-4-9(7-10(12)15)18-13(21)11-3-2-6-16-11/h4-5,7-8,11,16H,2-3,6H2,1H3,(H,18,21). The van der Waals surface area contributed by atoms with Gasteiger partial charge in [0, 0.05) is 17.6 Å². The molecule has 1 saturated heterocycles. The molecule has 1 aromatic carbocycles. The van der Waals surface area contributed by atoms with Gasteiger partial charge in [-0.1, -0.05) is 11.6 Å². The van der Waals surface area contributed by atoms with E-state index in [1.807, 2.05) is 23.7 Å². The van der Waals surface area contributed by atoms with Crippen LogP contribution in [0.4, 0.5) is 5.69 Å². The molecule has 2 heterocycles. The van der Waals surface area contributed by atoms with Crippen molar-refractivity contribution in [1.29, 1.82) is 0 Å². The molecule has 0 radical (unpaired) electrons. The Morgan fingerprint density at radius 3 is 3.05 bits per heavy atom. The van der Waals surface area contributed by atoms with Crippen LogP contribution >= 0.6 is 23.4 Å². The number of hydrogen-bond acceptors (Lipinski definition) is 5. The van der Waals surface area contributed by atoms with Crippen LogP contribution in [0.5, 0.6) is 0 Å². The van der Waals surface area contributed by atoms with E-state index in [0.29, 0.717) is 10.7 Å². The van der Waals surface area contributed by atoms with Crippen LogP contribution in [0, 0.1) is 0 Å². The number of carbonyl (C=O) groups is 1. The molecule has 1 unspecified atom stereocenters. The molecule has 1 aromatic heterocycles. The molecule has 1 aliphatic heterocycles. The van der Waals surface area contributed by atoms with Crippen molar-refractivity contribution >= 4 is 35.0 Å². The highest BCUT2D eigenvalue weighted by molar-refractivity contribution is 7.99. The van der Waals surface area contributed by atoms with Gasteiger partial charge in [0.2, 0.25) is 5.91 Å². The van der Waals surface area contributed by atoms with E-state index in [9.17, 15) is 4.79 Å². The van der Waals surface area contributed by atoms with Gasteiger partial charge in [0.05, 0.1) is 11.1 Å². The number of nitrogens with one attached hydrogen (secondary N) is 2. The summed E-state index contributed by atoms with van der Waals surface area (Å²) < 4.78 is 1.82. The average molecular weight is 338 g/mol. The molecule has 22 heavy (non-hydrogen) atoms.